The molecule has 21 heavy (non-hydrogen) atoms. The van der Waals surface area contributed by atoms with Crippen molar-refractivity contribution in [1.82, 2.24) is 4.98 Å². The van der Waals surface area contributed by atoms with Crippen molar-refractivity contribution in [2.24, 2.45) is 5.73 Å². The maximum absolute atomic E-state index is 5.95. The summed E-state index contributed by atoms with van der Waals surface area (Å²) in [6.07, 6.45) is 6.37. The number of para-hydroxylation sites is 1. The quantitative estimate of drug-likeness (QED) is 0.860. The summed E-state index contributed by atoms with van der Waals surface area (Å²) < 4.78 is 0. The molecule has 0 amide bonds. The molecule has 1 aromatic carbocycles. The monoisotopic (exact) mass is 299 g/mol. The molecular weight excluding hydrogens is 278 g/mol. The number of nitrogens with zero attached hydrogens (tertiary/aromatic N) is 2. The van der Waals surface area contributed by atoms with Gasteiger partial charge in [0.2, 0.25) is 0 Å². The van der Waals surface area contributed by atoms with Gasteiger partial charge in [0.1, 0.15) is 10.8 Å². The zero-order valence-corrected chi connectivity index (χ0v) is 13.0. The fourth-order valence-corrected chi connectivity index (χ4v) is 3.14. The van der Waals surface area contributed by atoms with Gasteiger partial charge in [0.05, 0.1) is 11.1 Å². The van der Waals surface area contributed by atoms with Gasteiger partial charge in [-0.3, -0.25) is 0 Å². The number of nitrogens with two attached hydrogens (primary N) is 1. The summed E-state index contributed by atoms with van der Waals surface area (Å²) in [5.74, 6) is 0.961. The lowest BCUT2D eigenvalue weighted by molar-refractivity contribution is 0.554. The van der Waals surface area contributed by atoms with Crippen molar-refractivity contribution in [3.8, 4) is 0 Å². The number of benzene rings is 1. The molecule has 2 N–H and O–H groups in total. The highest BCUT2D eigenvalue weighted by Crippen LogP contribution is 2.25. The van der Waals surface area contributed by atoms with Crippen LogP contribution in [0.3, 0.4) is 0 Å². The van der Waals surface area contributed by atoms with Crippen LogP contribution >= 0.6 is 12.2 Å². The van der Waals surface area contributed by atoms with Gasteiger partial charge in [-0.2, -0.15) is 0 Å². The Kier molecular flexibility index (Phi) is 4.34. The van der Waals surface area contributed by atoms with Gasteiger partial charge in [-0.1, -0.05) is 49.7 Å². The average Bonchev–Trinajstić information content (AvgIpc) is 2.45. The van der Waals surface area contributed by atoms with E-state index in [4.69, 9.17) is 22.9 Å². The summed E-state index contributed by atoms with van der Waals surface area (Å²) in [6, 6.07) is 10.2. The van der Waals surface area contributed by atoms with Crippen LogP contribution in [0.5, 0.6) is 0 Å². The Morgan fingerprint density at radius 2 is 1.71 bits per heavy atom. The van der Waals surface area contributed by atoms with Gasteiger partial charge in [-0.15, -0.1) is 0 Å². The van der Waals surface area contributed by atoms with Crippen LogP contribution in [0.15, 0.2) is 30.3 Å². The van der Waals surface area contributed by atoms with Crippen LogP contribution in [0.25, 0.3) is 10.9 Å². The molecule has 2 aromatic rings. The van der Waals surface area contributed by atoms with Gasteiger partial charge in [-0.25, -0.2) is 4.98 Å². The molecule has 1 fully saturated rings. The van der Waals surface area contributed by atoms with Crippen molar-refractivity contribution in [3.63, 3.8) is 0 Å². The van der Waals surface area contributed by atoms with Gasteiger partial charge >= 0.3 is 0 Å². The molecule has 0 aliphatic carbocycles. The van der Waals surface area contributed by atoms with E-state index in [9.17, 15) is 0 Å². The molecule has 1 saturated heterocycles. The maximum atomic E-state index is 5.95. The normalized spacial score (nSPS) is 16.5. The number of hydrogen-bond acceptors (Lipinski definition) is 3. The van der Waals surface area contributed by atoms with Gasteiger partial charge in [-0.05, 0) is 25.0 Å². The molecule has 1 aliphatic heterocycles. The van der Waals surface area contributed by atoms with Crippen LogP contribution in [0.1, 0.15) is 37.7 Å². The first-order chi connectivity index (χ1) is 10.3. The lowest BCUT2D eigenvalue weighted by Gasteiger charge is -2.27. The number of fused-ring (bicyclic) bond motifs is 1. The number of thiocarbonyl (C=S) groups is 1. The van der Waals surface area contributed by atoms with E-state index >= 15 is 0 Å². The highest BCUT2D eigenvalue weighted by molar-refractivity contribution is 7.80. The molecule has 2 heterocycles. The molecule has 3 nitrogen and oxygen atoms in total. The van der Waals surface area contributed by atoms with E-state index in [1.54, 1.807) is 0 Å². The first-order valence-electron chi connectivity index (χ1n) is 7.70. The molecule has 3 rings (SSSR count). The fourth-order valence-electron chi connectivity index (χ4n) is 2.99. The van der Waals surface area contributed by atoms with Crippen molar-refractivity contribution in [1.29, 1.82) is 0 Å². The second-order valence-corrected chi connectivity index (χ2v) is 6.11. The molecule has 0 bridgehead atoms. The first-order valence-corrected chi connectivity index (χ1v) is 8.11. The number of pyridine rings is 1. The Morgan fingerprint density at radius 3 is 2.43 bits per heavy atom. The van der Waals surface area contributed by atoms with Crippen molar-refractivity contribution in [2.75, 3.05) is 18.0 Å². The molecule has 0 atom stereocenters. The number of anilines is 1. The minimum absolute atomic E-state index is 0.435. The van der Waals surface area contributed by atoms with Crippen molar-refractivity contribution in [3.05, 3.63) is 35.9 Å². The topological polar surface area (TPSA) is 42.1 Å². The Morgan fingerprint density at radius 1 is 1.05 bits per heavy atom. The van der Waals surface area contributed by atoms with Crippen LogP contribution in [-0.2, 0) is 0 Å². The third-order valence-corrected chi connectivity index (χ3v) is 4.34. The largest absolute Gasteiger partial charge is 0.389 e. The van der Waals surface area contributed by atoms with Crippen molar-refractivity contribution >= 4 is 33.9 Å². The SMILES string of the molecule is NC(=S)c1cc2ccccc2nc1N1CCCCCCC1. The van der Waals surface area contributed by atoms with Crippen LogP contribution < -0.4 is 10.6 Å². The summed E-state index contributed by atoms with van der Waals surface area (Å²) in [4.78, 5) is 7.65. The molecule has 110 valence electrons. The van der Waals surface area contributed by atoms with E-state index < -0.39 is 0 Å². The predicted molar refractivity (Wildman–Crippen MR) is 92.9 cm³/mol. The second kappa shape index (κ2) is 6.39. The summed E-state index contributed by atoms with van der Waals surface area (Å²) in [5, 5.41) is 1.09. The molecule has 4 heteroatoms. The third kappa shape index (κ3) is 3.16. The van der Waals surface area contributed by atoms with E-state index in [0.717, 1.165) is 35.4 Å². The minimum Gasteiger partial charge on any atom is -0.389 e. The van der Waals surface area contributed by atoms with E-state index in [1.807, 2.05) is 18.2 Å². The fraction of sp³-hybridized carbons (Fsp3) is 0.412. The lowest BCUT2D eigenvalue weighted by atomic mass is 10.1. The molecule has 1 aromatic heterocycles. The van der Waals surface area contributed by atoms with Gasteiger partial charge < -0.3 is 10.6 Å². The van der Waals surface area contributed by atoms with Crippen LogP contribution in [0.2, 0.25) is 0 Å². The standard InChI is InChI=1S/C17H21N3S/c18-16(21)14-12-13-8-4-5-9-15(13)19-17(14)20-10-6-2-1-3-7-11-20/h4-5,8-9,12H,1-3,6-7,10-11H2,(H2,18,21). The second-order valence-electron chi connectivity index (χ2n) is 5.67. The highest BCUT2D eigenvalue weighted by Gasteiger charge is 2.17. The Labute approximate surface area is 131 Å². The number of hydrogen-bond donors (Lipinski definition) is 1. The zero-order valence-electron chi connectivity index (χ0n) is 12.2. The molecule has 0 unspecified atom stereocenters. The summed E-state index contributed by atoms with van der Waals surface area (Å²) in [5.41, 5.74) is 7.86. The smallest absolute Gasteiger partial charge is 0.139 e. The Bertz CT molecular complexity index is 646. The van der Waals surface area contributed by atoms with Gasteiger partial charge in [0, 0.05) is 18.5 Å². The number of rotatable bonds is 2. The highest BCUT2D eigenvalue weighted by atomic mass is 32.1. The van der Waals surface area contributed by atoms with Crippen molar-refractivity contribution in [2.45, 2.75) is 32.1 Å². The summed E-state index contributed by atoms with van der Waals surface area (Å²) >= 11 is 5.25. The maximum Gasteiger partial charge on any atom is 0.139 e. The third-order valence-electron chi connectivity index (χ3n) is 4.12. The predicted octanol–water partition coefficient (Wildman–Crippen LogP) is 3.64. The molecule has 0 spiro atoms. The van der Waals surface area contributed by atoms with Crippen molar-refractivity contribution < 1.29 is 0 Å². The van der Waals surface area contributed by atoms with E-state index in [1.165, 1.54) is 32.1 Å². The average molecular weight is 299 g/mol. The number of aromatic nitrogens is 1. The minimum atomic E-state index is 0.435. The van der Waals surface area contributed by atoms with Gasteiger partial charge in [0.25, 0.3) is 0 Å². The van der Waals surface area contributed by atoms with E-state index in [0.29, 0.717) is 4.99 Å². The Balaban J connectivity index is 2.05. The molecule has 1 aliphatic rings. The molecule has 0 radical (unpaired) electrons. The summed E-state index contributed by atoms with van der Waals surface area (Å²) in [7, 11) is 0. The first kappa shape index (κ1) is 14.3. The lowest BCUT2D eigenvalue weighted by Crippen LogP contribution is -2.30. The zero-order chi connectivity index (χ0) is 14.7. The van der Waals surface area contributed by atoms with Crippen LogP contribution in [0, 0.1) is 0 Å². The Hall–Kier alpha value is -1.68. The van der Waals surface area contributed by atoms with Crippen LogP contribution in [-0.4, -0.2) is 23.1 Å². The van der Waals surface area contributed by atoms with E-state index in [2.05, 4.69) is 17.0 Å². The molecule has 0 saturated carbocycles. The molecular formula is C17H21N3S. The van der Waals surface area contributed by atoms with E-state index in [-0.39, 0.29) is 0 Å². The van der Waals surface area contributed by atoms with Crippen LogP contribution in [0.4, 0.5) is 5.82 Å². The van der Waals surface area contributed by atoms with Gasteiger partial charge in [0.15, 0.2) is 0 Å². The summed E-state index contributed by atoms with van der Waals surface area (Å²) in [6.45, 7) is 2.09.